The molecular weight excluding hydrogens is 454 g/mol. The molecule has 194 valence electrons. The van der Waals surface area contributed by atoms with Crippen LogP contribution in [0.2, 0.25) is 0 Å². The fourth-order valence-electron chi connectivity index (χ4n) is 5.90. The Morgan fingerprint density at radius 2 is 2.11 bits per heavy atom. The number of aryl methyl sites for hydroxylation is 2. The van der Waals surface area contributed by atoms with Crippen LogP contribution < -0.4 is 5.32 Å². The summed E-state index contributed by atoms with van der Waals surface area (Å²) in [7, 11) is 0. The van der Waals surface area contributed by atoms with Gasteiger partial charge in [-0.25, -0.2) is 0 Å². The maximum absolute atomic E-state index is 12.4. The molecule has 0 spiro atoms. The first-order valence-corrected chi connectivity index (χ1v) is 13.7. The molecule has 0 saturated carbocycles. The first kappa shape index (κ1) is 25.2. The normalized spacial score (nSPS) is 23.1. The molecule has 7 heteroatoms. The Kier molecular flexibility index (Phi) is 8.51. The highest BCUT2D eigenvalue weighted by Crippen LogP contribution is 2.35. The van der Waals surface area contributed by atoms with Gasteiger partial charge in [-0.05, 0) is 74.6 Å². The zero-order valence-electron chi connectivity index (χ0n) is 21.2. The highest BCUT2D eigenvalue weighted by Gasteiger charge is 2.36. The second kappa shape index (κ2) is 12.2. The minimum absolute atomic E-state index is 0.0879. The number of carboxylic acids is 1. The Labute approximate surface area is 214 Å². The van der Waals surface area contributed by atoms with E-state index in [0.717, 1.165) is 87.9 Å². The van der Waals surface area contributed by atoms with Crippen LogP contribution in [0, 0.1) is 0 Å². The summed E-state index contributed by atoms with van der Waals surface area (Å²) in [6.07, 6.45) is 8.25. The van der Waals surface area contributed by atoms with Crippen molar-refractivity contribution in [2.45, 2.75) is 69.4 Å². The third kappa shape index (κ3) is 6.07. The van der Waals surface area contributed by atoms with Gasteiger partial charge in [0, 0.05) is 44.5 Å². The van der Waals surface area contributed by atoms with E-state index in [-0.39, 0.29) is 12.0 Å². The highest BCUT2D eigenvalue weighted by molar-refractivity contribution is 5.76. The molecule has 36 heavy (non-hydrogen) atoms. The Morgan fingerprint density at radius 1 is 1.19 bits per heavy atom. The van der Waals surface area contributed by atoms with Gasteiger partial charge in [-0.15, -0.1) is 0 Å². The predicted molar refractivity (Wildman–Crippen MR) is 140 cm³/mol. The van der Waals surface area contributed by atoms with E-state index in [9.17, 15) is 9.90 Å². The van der Waals surface area contributed by atoms with Gasteiger partial charge in [-0.1, -0.05) is 24.3 Å². The van der Waals surface area contributed by atoms with Crippen LogP contribution in [0.4, 0.5) is 5.69 Å². The Hall–Kier alpha value is -2.48. The number of hydrogen-bond acceptors (Lipinski definition) is 6. The fourth-order valence-corrected chi connectivity index (χ4v) is 5.90. The second-order valence-electron chi connectivity index (χ2n) is 10.3. The molecule has 2 saturated heterocycles. The van der Waals surface area contributed by atoms with Crippen molar-refractivity contribution < 1.29 is 19.4 Å². The highest BCUT2D eigenvalue weighted by atomic mass is 16.5. The molecule has 0 radical (unpaired) electrons. The van der Waals surface area contributed by atoms with Crippen molar-refractivity contribution in [2.75, 3.05) is 44.8 Å². The summed E-state index contributed by atoms with van der Waals surface area (Å²) in [6.45, 7) is 4.62. The SMILES string of the molecule is O=C(O)C(c1ccccc1C1CCCOC1)N1CC[C@@H](OCCCCc2ccc3c(n2)CCCN3)C1. The lowest BCUT2D eigenvalue weighted by atomic mass is 9.87. The van der Waals surface area contributed by atoms with Gasteiger partial charge in [0.05, 0.1) is 24.1 Å². The molecule has 0 amide bonds. The molecule has 7 nitrogen and oxygen atoms in total. The number of nitrogens with zero attached hydrogens (tertiary/aromatic N) is 2. The average Bonchev–Trinajstić information content (AvgIpc) is 3.37. The minimum Gasteiger partial charge on any atom is -0.480 e. The number of rotatable bonds is 10. The minimum atomic E-state index is -0.785. The maximum Gasteiger partial charge on any atom is 0.325 e. The van der Waals surface area contributed by atoms with Crippen molar-refractivity contribution >= 4 is 11.7 Å². The molecule has 0 aliphatic carbocycles. The Bertz CT molecular complexity index is 1020. The van der Waals surface area contributed by atoms with Crippen LogP contribution >= 0.6 is 0 Å². The number of fused-ring (bicyclic) bond motifs is 1. The van der Waals surface area contributed by atoms with E-state index in [1.54, 1.807) is 0 Å². The van der Waals surface area contributed by atoms with E-state index in [1.807, 2.05) is 18.2 Å². The van der Waals surface area contributed by atoms with Crippen LogP contribution in [0.3, 0.4) is 0 Å². The van der Waals surface area contributed by atoms with Crippen molar-refractivity contribution in [1.82, 2.24) is 9.88 Å². The Balaban J connectivity index is 1.11. The smallest absolute Gasteiger partial charge is 0.325 e. The number of anilines is 1. The summed E-state index contributed by atoms with van der Waals surface area (Å²) in [5, 5.41) is 13.6. The van der Waals surface area contributed by atoms with E-state index in [1.165, 1.54) is 11.4 Å². The molecule has 3 aliphatic rings. The van der Waals surface area contributed by atoms with E-state index in [0.29, 0.717) is 19.8 Å². The molecule has 3 aliphatic heterocycles. The number of unbranched alkanes of at least 4 members (excludes halogenated alkanes) is 1. The van der Waals surface area contributed by atoms with E-state index in [4.69, 9.17) is 14.5 Å². The topological polar surface area (TPSA) is 83.9 Å². The number of nitrogens with one attached hydrogen (secondary N) is 1. The zero-order valence-corrected chi connectivity index (χ0v) is 21.2. The summed E-state index contributed by atoms with van der Waals surface area (Å²) < 4.78 is 11.9. The van der Waals surface area contributed by atoms with Crippen LogP contribution in [0.1, 0.15) is 73.0 Å². The van der Waals surface area contributed by atoms with Gasteiger partial charge in [0.15, 0.2) is 0 Å². The van der Waals surface area contributed by atoms with Crippen LogP contribution in [0.25, 0.3) is 0 Å². The maximum atomic E-state index is 12.4. The number of hydrogen-bond donors (Lipinski definition) is 2. The third-order valence-corrected chi connectivity index (χ3v) is 7.78. The van der Waals surface area contributed by atoms with E-state index < -0.39 is 12.0 Å². The lowest BCUT2D eigenvalue weighted by Crippen LogP contribution is -2.34. The van der Waals surface area contributed by atoms with Crippen molar-refractivity contribution in [3.05, 3.63) is 58.9 Å². The number of likely N-dealkylation sites (tertiary alicyclic amines) is 1. The summed E-state index contributed by atoms with van der Waals surface area (Å²) in [4.78, 5) is 19.3. The van der Waals surface area contributed by atoms with Crippen molar-refractivity contribution in [3.8, 4) is 0 Å². The molecule has 2 N–H and O–H groups in total. The lowest BCUT2D eigenvalue weighted by molar-refractivity contribution is -0.143. The molecule has 1 aromatic heterocycles. The summed E-state index contributed by atoms with van der Waals surface area (Å²) in [6, 6.07) is 11.7. The fraction of sp³-hybridized carbons (Fsp3) is 0.586. The van der Waals surface area contributed by atoms with Crippen LogP contribution in [-0.2, 0) is 27.1 Å². The number of pyridine rings is 1. The van der Waals surface area contributed by atoms with Gasteiger partial charge in [-0.3, -0.25) is 14.7 Å². The predicted octanol–water partition coefficient (Wildman–Crippen LogP) is 4.57. The quantitative estimate of drug-likeness (QED) is 0.469. The van der Waals surface area contributed by atoms with Crippen LogP contribution in [0.5, 0.6) is 0 Å². The van der Waals surface area contributed by atoms with E-state index in [2.05, 4.69) is 28.4 Å². The molecule has 2 aromatic rings. The van der Waals surface area contributed by atoms with Gasteiger partial charge >= 0.3 is 5.97 Å². The molecule has 2 fully saturated rings. The van der Waals surface area contributed by atoms with Crippen LogP contribution in [0.15, 0.2) is 36.4 Å². The number of carbonyl (C=O) groups is 1. The summed E-state index contributed by atoms with van der Waals surface area (Å²) in [5.74, 6) is -0.514. The number of ether oxygens (including phenoxy) is 2. The third-order valence-electron chi connectivity index (χ3n) is 7.78. The van der Waals surface area contributed by atoms with Crippen LogP contribution in [-0.4, -0.2) is 66.5 Å². The number of benzene rings is 1. The molecule has 0 bridgehead atoms. The first-order chi connectivity index (χ1) is 17.7. The first-order valence-electron chi connectivity index (χ1n) is 13.7. The van der Waals surface area contributed by atoms with E-state index >= 15 is 0 Å². The molecule has 4 heterocycles. The van der Waals surface area contributed by atoms with Crippen molar-refractivity contribution in [3.63, 3.8) is 0 Å². The molecular formula is C29H39N3O4. The summed E-state index contributed by atoms with van der Waals surface area (Å²) in [5.41, 5.74) is 5.59. The van der Waals surface area contributed by atoms with Gasteiger partial charge in [0.2, 0.25) is 0 Å². The van der Waals surface area contributed by atoms with Gasteiger partial charge in [0.1, 0.15) is 6.04 Å². The zero-order chi connectivity index (χ0) is 24.7. The van der Waals surface area contributed by atoms with Crippen molar-refractivity contribution in [2.24, 2.45) is 0 Å². The van der Waals surface area contributed by atoms with Crippen molar-refractivity contribution in [1.29, 1.82) is 0 Å². The lowest BCUT2D eigenvalue weighted by Gasteiger charge is -2.30. The molecule has 1 aromatic carbocycles. The van der Waals surface area contributed by atoms with Gasteiger partial charge in [-0.2, -0.15) is 0 Å². The number of carboxylic acid groups (broad SMARTS) is 1. The number of aliphatic carboxylic acids is 1. The van der Waals surface area contributed by atoms with Gasteiger partial charge < -0.3 is 19.9 Å². The monoisotopic (exact) mass is 493 g/mol. The summed E-state index contributed by atoms with van der Waals surface area (Å²) >= 11 is 0. The van der Waals surface area contributed by atoms with Gasteiger partial charge in [0.25, 0.3) is 0 Å². The molecule has 3 atom stereocenters. The largest absolute Gasteiger partial charge is 0.480 e. The standard InChI is InChI=1S/C29H39N3O4/c33-29(34)28(25-10-2-1-9-24(25)21-7-6-17-35-20-21)32-16-14-23(19-32)36-18-4-3-8-22-12-13-26-27(31-22)11-5-15-30-26/h1-2,9-10,12-13,21,23,28,30H,3-8,11,14-20H2,(H,33,34)/t21?,23-,28?/m1/s1. The molecule has 5 rings (SSSR count). The average molecular weight is 494 g/mol. The number of aromatic nitrogens is 1. The Morgan fingerprint density at radius 3 is 2.97 bits per heavy atom. The second-order valence-corrected chi connectivity index (χ2v) is 10.3. The molecule has 2 unspecified atom stereocenters.